The summed E-state index contributed by atoms with van der Waals surface area (Å²) >= 11 is 1.79. The number of benzene rings is 2. The molecule has 0 radical (unpaired) electrons. The number of thioether (sulfide) groups is 1. The van der Waals surface area contributed by atoms with E-state index in [1.807, 2.05) is 13.8 Å². The Hall–Kier alpha value is -2.03. The summed E-state index contributed by atoms with van der Waals surface area (Å²) in [4.78, 5) is 12.7. The normalized spacial score (nSPS) is 20.3. The molecule has 1 aliphatic rings. The summed E-state index contributed by atoms with van der Waals surface area (Å²) in [5.41, 5.74) is 1.91. The number of nitrogens with one attached hydrogen (secondary N) is 1. The number of hydrogen-bond acceptors (Lipinski definition) is 5. The van der Waals surface area contributed by atoms with E-state index in [9.17, 15) is 13.2 Å². The molecule has 2 aromatic rings. The van der Waals surface area contributed by atoms with E-state index in [4.69, 9.17) is 4.74 Å². The summed E-state index contributed by atoms with van der Waals surface area (Å²) in [6.45, 7) is 6.38. The molecule has 156 valence electrons. The number of hydrogen-bond donors (Lipinski definition) is 1. The Balaban J connectivity index is 1.74. The maximum atomic E-state index is 13.0. The Bertz CT molecular complexity index is 990. The number of amides is 1. The van der Waals surface area contributed by atoms with Crippen molar-refractivity contribution in [3.05, 3.63) is 53.6 Å². The second-order valence-corrected chi connectivity index (χ2v) is 10.5. The van der Waals surface area contributed by atoms with E-state index >= 15 is 0 Å². The SMILES string of the molecule is COc1ccc(C(=O)Nc2ccc(S(=O)(=O)N3CCSC(C)C3C)cc2)cc1C. The van der Waals surface area contributed by atoms with Crippen molar-refractivity contribution >= 4 is 33.4 Å². The third kappa shape index (κ3) is 4.60. The number of ether oxygens (including phenoxy) is 1. The molecule has 2 atom stereocenters. The summed E-state index contributed by atoms with van der Waals surface area (Å²) in [5, 5.41) is 3.06. The van der Waals surface area contributed by atoms with E-state index < -0.39 is 10.0 Å². The molecular formula is C21H26N2O4S2. The number of aryl methyl sites for hydroxylation is 1. The van der Waals surface area contributed by atoms with Crippen LogP contribution < -0.4 is 10.1 Å². The van der Waals surface area contributed by atoms with E-state index in [-0.39, 0.29) is 22.1 Å². The molecule has 6 nitrogen and oxygen atoms in total. The topological polar surface area (TPSA) is 75.7 Å². The standard InChI is InChI=1S/C21H26N2O4S2/c1-14-13-17(5-10-20(14)27-4)21(24)22-18-6-8-19(9-7-18)29(25,26)23-11-12-28-16(3)15(23)2/h5-10,13,15-16H,11-12H2,1-4H3,(H,22,24). The lowest BCUT2D eigenvalue weighted by atomic mass is 10.1. The summed E-state index contributed by atoms with van der Waals surface area (Å²) in [6.07, 6.45) is 0. The zero-order valence-corrected chi connectivity index (χ0v) is 18.6. The van der Waals surface area contributed by atoms with Gasteiger partial charge >= 0.3 is 0 Å². The molecule has 0 saturated carbocycles. The lowest BCUT2D eigenvalue weighted by molar-refractivity contribution is 0.102. The minimum Gasteiger partial charge on any atom is -0.496 e. The van der Waals surface area contributed by atoms with Crippen molar-refractivity contribution in [2.45, 2.75) is 37.0 Å². The number of anilines is 1. The highest BCUT2D eigenvalue weighted by molar-refractivity contribution is 8.00. The second-order valence-electron chi connectivity index (χ2n) is 7.10. The molecule has 1 aliphatic heterocycles. The second kappa shape index (κ2) is 8.77. The van der Waals surface area contributed by atoms with Crippen LogP contribution in [0.1, 0.15) is 29.8 Å². The van der Waals surface area contributed by atoms with Crippen molar-refractivity contribution in [2.75, 3.05) is 24.7 Å². The average molecular weight is 435 g/mol. The smallest absolute Gasteiger partial charge is 0.255 e. The fourth-order valence-electron chi connectivity index (χ4n) is 3.31. The van der Waals surface area contributed by atoms with Gasteiger partial charge in [-0.1, -0.05) is 6.92 Å². The van der Waals surface area contributed by atoms with Gasteiger partial charge in [-0.2, -0.15) is 16.1 Å². The summed E-state index contributed by atoms with van der Waals surface area (Å²) in [7, 11) is -1.98. The number of nitrogens with zero attached hydrogens (tertiary/aromatic N) is 1. The number of rotatable bonds is 5. The largest absolute Gasteiger partial charge is 0.496 e. The van der Waals surface area contributed by atoms with Crippen molar-refractivity contribution in [3.8, 4) is 5.75 Å². The molecule has 0 bridgehead atoms. The van der Waals surface area contributed by atoms with Crippen LogP contribution in [0.15, 0.2) is 47.4 Å². The van der Waals surface area contributed by atoms with Crippen LogP contribution in [0.3, 0.4) is 0 Å². The Labute approximate surface area is 176 Å². The zero-order valence-electron chi connectivity index (χ0n) is 17.0. The quantitative estimate of drug-likeness (QED) is 0.775. The van der Waals surface area contributed by atoms with E-state index in [1.54, 1.807) is 65.6 Å². The molecule has 0 spiro atoms. The van der Waals surface area contributed by atoms with E-state index in [1.165, 1.54) is 0 Å². The van der Waals surface area contributed by atoms with Crippen LogP contribution in [-0.2, 0) is 10.0 Å². The fourth-order valence-corrected chi connectivity index (χ4v) is 6.31. The minimum absolute atomic E-state index is 0.0589. The number of carbonyl (C=O) groups excluding carboxylic acids is 1. The first-order valence-electron chi connectivity index (χ1n) is 9.43. The summed E-state index contributed by atoms with van der Waals surface area (Å²) < 4.78 is 32.8. The van der Waals surface area contributed by atoms with Gasteiger partial charge in [0.2, 0.25) is 10.0 Å². The highest BCUT2D eigenvalue weighted by atomic mass is 32.2. The molecular weight excluding hydrogens is 408 g/mol. The maximum Gasteiger partial charge on any atom is 0.255 e. The van der Waals surface area contributed by atoms with Crippen molar-refractivity contribution < 1.29 is 17.9 Å². The summed E-state index contributed by atoms with van der Waals surface area (Å²) in [5.74, 6) is 1.25. The molecule has 1 fully saturated rings. The van der Waals surface area contributed by atoms with Gasteiger partial charge in [-0.3, -0.25) is 4.79 Å². The monoisotopic (exact) mass is 434 g/mol. The van der Waals surface area contributed by atoms with Crippen LogP contribution in [-0.4, -0.2) is 49.3 Å². The average Bonchev–Trinajstić information content (AvgIpc) is 2.70. The molecule has 1 saturated heterocycles. The van der Waals surface area contributed by atoms with Gasteiger partial charge < -0.3 is 10.1 Å². The van der Waals surface area contributed by atoms with E-state index in [0.29, 0.717) is 17.8 Å². The molecule has 29 heavy (non-hydrogen) atoms. The van der Waals surface area contributed by atoms with Gasteiger partial charge in [-0.25, -0.2) is 8.42 Å². The lowest BCUT2D eigenvalue weighted by Crippen LogP contribution is -2.47. The first-order valence-corrected chi connectivity index (χ1v) is 11.9. The van der Waals surface area contributed by atoms with Gasteiger partial charge in [0, 0.05) is 34.8 Å². The first kappa shape index (κ1) is 21.7. The van der Waals surface area contributed by atoms with E-state index in [2.05, 4.69) is 12.2 Å². The zero-order chi connectivity index (χ0) is 21.2. The molecule has 1 heterocycles. The first-order chi connectivity index (χ1) is 13.7. The molecule has 2 aromatic carbocycles. The number of methoxy groups -OCH3 is 1. The van der Waals surface area contributed by atoms with Gasteiger partial charge in [0.15, 0.2) is 0 Å². The third-order valence-electron chi connectivity index (χ3n) is 5.20. The Morgan fingerprint density at radius 1 is 1.17 bits per heavy atom. The molecule has 0 aromatic heterocycles. The molecule has 0 aliphatic carbocycles. The van der Waals surface area contributed by atoms with Gasteiger partial charge in [0.25, 0.3) is 5.91 Å². The van der Waals surface area contributed by atoms with Gasteiger partial charge in [0.1, 0.15) is 5.75 Å². The van der Waals surface area contributed by atoms with Crippen LogP contribution in [0.25, 0.3) is 0 Å². The third-order valence-corrected chi connectivity index (χ3v) is 8.54. The molecule has 2 unspecified atom stereocenters. The van der Waals surface area contributed by atoms with Crippen molar-refractivity contribution in [2.24, 2.45) is 0 Å². The summed E-state index contributed by atoms with van der Waals surface area (Å²) in [6, 6.07) is 11.5. The molecule has 1 N–H and O–H groups in total. The highest BCUT2D eigenvalue weighted by Gasteiger charge is 2.34. The maximum absolute atomic E-state index is 13.0. The van der Waals surface area contributed by atoms with Crippen LogP contribution in [0, 0.1) is 6.92 Å². The van der Waals surface area contributed by atoms with Gasteiger partial charge in [-0.15, -0.1) is 0 Å². The van der Waals surface area contributed by atoms with Gasteiger partial charge in [0.05, 0.1) is 12.0 Å². The van der Waals surface area contributed by atoms with Crippen LogP contribution >= 0.6 is 11.8 Å². The highest BCUT2D eigenvalue weighted by Crippen LogP contribution is 2.30. The van der Waals surface area contributed by atoms with E-state index in [0.717, 1.165) is 17.1 Å². The molecule has 8 heteroatoms. The van der Waals surface area contributed by atoms with Crippen LogP contribution in [0.4, 0.5) is 5.69 Å². The predicted molar refractivity (Wildman–Crippen MR) is 117 cm³/mol. The molecule has 1 amide bonds. The van der Waals surface area contributed by atoms with Crippen molar-refractivity contribution in [1.29, 1.82) is 0 Å². The van der Waals surface area contributed by atoms with Crippen LogP contribution in [0.5, 0.6) is 5.75 Å². The lowest BCUT2D eigenvalue weighted by Gasteiger charge is -2.36. The Morgan fingerprint density at radius 2 is 1.86 bits per heavy atom. The van der Waals surface area contributed by atoms with Gasteiger partial charge in [-0.05, 0) is 61.9 Å². The number of sulfonamides is 1. The van der Waals surface area contributed by atoms with Crippen molar-refractivity contribution in [3.63, 3.8) is 0 Å². The number of carbonyl (C=O) groups is 1. The fraction of sp³-hybridized carbons (Fsp3) is 0.381. The predicted octanol–water partition coefficient (Wildman–Crippen LogP) is 3.77. The van der Waals surface area contributed by atoms with Crippen LogP contribution in [0.2, 0.25) is 0 Å². The van der Waals surface area contributed by atoms with Crippen molar-refractivity contribution in [1.82, 2.24) is 4.31 Å². The Kier molecular flexibility index (Phi) is 6.55. The Morgan fingerprint density at radius 3 is 2.48 bits per heavy atom. The molecule has 3 rings (SSSR count). The minimum atomic E-state index is -3.56.